The van der Waals surface area contributed by atoms with Gasteiger partial charge in [0.25, 0.3) is 0 Å². The summed E-state index contributed by atoms with van der Waals surface area (Å²) < 4.78 is 0. The molecule has 0 bridgehead atoms. The maximum atomic E-state index is 12.3. The van der Waals surface area contributed by atoms with Gasteiger partial charge in [0.1, 0.15) is 0 Å². The highest BCUT2D eigenvalue weighted by molar-refractivity contribution is 5.89. The van der Waals surface area contributed by atoms with Gasteiger partial charge in [-0.15, -0.1) is 0 Å². The summed E-state index contributed by atoms with van der Waals surface area (Å²) in [6, 6.07) is 6.36. The smallest absolute Gasteiger partial charge is 0.224 e. The molecule has 4 nitrogen and oxygen atoms in total. The molecule has 0 radical (unpaired) electrons. The Morgan fingerprint density at radius 2 is 2.18 bits per heavy atom. The number of aryl methyl sites for hydroxylation is 1. The van der Waals surface area contributed by atoms with E-state index in [0.29, 0.717) is 6.42 Å². The second kappa shape index (κ2) is 6.53. The number of carbonyl (C=O) groups excluding carboxylic acids is 1. The van der Waals surface area contributed by atoms with Crippen molar-refractivity contribution in [2.24, 2.45) is 5.92 Å². The van der Waals surface area contributed by atoms with E-state index in [-0.39, 0.29) is 24.5 Å². The maximum Gasteiger partial charge on any atom is 0.224 e. The molecule has 1 aromatic carbocycles. The summed E-state index contributed by atoms with van der Waals surface area (Å²) in [7, 11) is 0. The third-order valence-electron chi connectivity index (χ3n) is 4.76. The number of rotatable bonds is 4. The highest BCUT2D eigenvalue weighted by Crippen LogP contribution is 2.24. The lowest BCUT2D eigenvalue weighted by atomic mass is 9.85. The molecule has 1 amide bonds. The van der Waals surface area contributed by atoms with Gasteiger partial charge in [0.05, 0.1) is 6.42 Å². The van der Waals surface area contributed by atoms with Crippen LogP contribution in [0, 0.1) is 12.8 Å². The molecular weight excluding hydrogens is 276 g/mol. The summed E-state index contributed by atoms with van der Waals surface area (Å²) >= 11 is 0. The molecule has 0 aliphatic heterocycles. The quantitative estimate of drug-likeness (QED) is 0.813. The minimum atomic E-state index is 0.0480. The zero-order valence-corrected chi connectivity index (χ0v) is 13.1. The van der Waals surface area contributed by atoms with Crippen LogP contribution in [0.2, 0.25) is 0 Å². The van der Waals surface area contributed by atoms with Gasteiger partial charge in [-0.1, -0.05) is 25.0 Å². The third kappa shape index (κ3) is 3.17. The van der Waals surface area contributed by atoms with Gasteiger partial charge >= 0.3 is 0 Å². The Labute approximate surface area is 130 Å². The first-order valence-electron chi connectivity index (χ1n) is 8.14. The van der Waals surface area contributed by atoms with Crippen LogP contribution in [0.15, 0.2) is 24.4 Å². The summed E-state index contributed by atoms with van der Waals surface area (Å²) in [4.78, 5) is 15.6. The molecule has 2 aromatic rings. The Morgan fingerprint density at radius 1 is 1.36 bits per heavy atom. The van der Waals surface area contributed by atoms with Crippen LogP contribution in [0.4, 0.5) is 0 Å². The van der Waals surface area contributed by atoms with Crippen molar-refractivity contribution in [3.8, 4) is 0 Å². The number of aliphatic hydroxyl groups excluding tert-OH is 1. The highest BCUT2D eigenvalue weighted by atomic mass is 16.3. The molecule has 2 unspecified atom stereocenters. The maximum absolute atomic E-state index is 12.3. The minimum absolute atomic E-state index is 0.0480. The van der Waals surface area contributed by atoms with E-state index < -0.39 is 0 Å². The van der Waals surface area contributed by atoms with Crippen LogP contribution in [0.25, 0.3) is 10.9 Å². The highest BCUT2D eigenvalue weighted by Gasteiger charge is 2.25. The average molecular weight is 300 g/mol. The summed E-state index contributed by atoms with van der Waals surface area (Å²) in [5, 5.41) is 13.7. The van der Waals surface area contributed by atoms with Crippen molar-refractivity contribution in [2.75, 3.05) is 6.61 Å². The van der Waals surface area contributed by atoms with Gasteiger partial charge in [-0.05, 0) is 37.0 Å². The molecule has 1 aromatic heterocycles. The summed E-state index contributed by atoms with van der Waals surface area (Å²) in [5.41, 5.74) is 3.32. The number of hydrogen-bond acceptors (Lipinski definition) is 2. The van der Waals surface area contributed by atoms with Crippen molar-refractivity contribution in [1.29, 1.82) is 0 Å². The monoisotopic (exact) mass is 300 g/mol. The zero-order valence-electron chi connectivity index (χ0n) is 13.1. The van der Waals surface area contributed by atoms with Crippen molar-refractivity contribution in [1.82, 2.24) is 10.3 Å². The average Bonchev–Trinajstić information content (AvgIpc) is 2.89. The van der Waals surface area contributed by atoms with Gasteiger partial charge in [-0.2, -0.15) is 0 Å². The Hall–Kier alpha value is -1.81. The molecule has 1 aliphatic rings. The molecule has 1 aliphatic carbocycles. The number of benzene rings is 1. The first kappa shape index (κ1) is 15.1. The van der Waals surface area contributed by atoms with E-state index in [4.69, 9.17) is 0 Å². The minimum Gasteiger partial charge on any atom is -0.396 e. The topological polar surface area (TPSA) is 65.1 Å². The lowest BCUT2D eigenvalue weighted by Gasteiger charge is -2.30. The molecule has 4 heteroatoms. The van der Waals surface area contributed by atoms with Crippen LogP contribution in [-0.2, 0) is 11.2 Å². The number of amides is 1. The number of fused-ring (bicyclic) bond motifs is 1. The second-order valence-electron chi connectivity index (χ2n) is 6.44. The summed E-state index contributed by atoms with van der Waals surface area (Å²) in [6.07, 6.45) is 6.58. The Bertz CT molecular complexity index is 662. The molecule has 2 atom stereocenters. The van der Waals surface area contributed by atoms with Crippen molar-refractivity contribution in [2.45, 2.75) is 45.1 Å². The van der Waals surface area contributed by atoms with E-state index in [0.717, 1.165) is 42.1 Å². The summed E-state index contributed by atoms with van der Waals surface area (Å²) in [5.74, 6) is 0.259. The Balaban J connectivity index is 1.68. The summed E-state index contributed by atoms with van der Waals surface area (Å²) in [6.45, 7) is 2.22. The van der Waals surface area contributed by atoms with E-state index in [2.05, 4.69) is 35.4 Å². The number of H-pyrrole nitrogens is 1. The number of carbonyl (C=O) groups is 1. The lowest BCUT2D eigenvalue weighted by Crippen LogP contribution is -2.44. The van der Waals surface area contributed by atoms with Crippen LogP contribution in [-0.4, -0.2) is 28.6 Å². The molecule has 1 fully saturated rings. The fourth-order valence-electron chi connectivity index (χ4n) is 3.49. The first-order valence-corrected chi connectivity index (χ1v) is 8.14. The first-order chi connectivity index (χ1) is 10.7. The molecular formula is C18H24N2O2. The molecule has 118 valence electrons. The number of aromatic amines is 1. The van der Waals surface area contributed by atoms with Crippen LogP contribution in [0.1, 0.15) is 36.8 Å². The number of aliphatic hydroxyl groups is 1. The van der Waals surface area contributed by atoms with Gasteiger partial charge in [0.2, 0.25) is 5.91 Å². The second-order valence-corrected chi connectivity index (χ2v) is 6.44. The Morgan fingerprint density at radius 3 is 3.00 bits per heavy atom. The predicted molar refractivity (Wildman–Crippen MR) is 87.7 cm³/mol. The fourth-order valence-corrected chi connectivity index (χ4v) is 3.49. The van der Waals surface area contributed by atoms with Gasteiger partial charge in [0, 0.05) is 35.7 Å². The molecule has 0 saturated heterocycles. The van der Waals surface area contributed by atoms with E-state index in [1.807, 2.05) is 6.20 Å². The van der Waals surface area contributed by atoms with Crippen molar-refractivity contribution in [3.63, 3.8) is 0 Å². The zero-order chi connectivity index (χ0) is 15.5. The molecule has 1 heterocycles. The van der Waals surface area contributed by atoms with E-state index in [1.54, 1.807) is 0 Å². The lowest BCUT2D eigenvalue weighted by molar-refractivity contribution is -0.121. The van der Waals surface area contributed by atoms with Gasteiger partial charge in [-0.3, -0.25) is 4.79 Å². The third-order valence-corrected chi connectivity index (χ3v) is 4.76. The largest absolute Gasteiger partial charge is 0.396 e. The Kier molecular flexibility index (Phi) is 4.48. The van der Waals surface area contributed by atoms with E-state index in [9.17, 15) is 9.90 Å². The predicted octanol–water partition coefficient (Wildman–Crippen LogP) is 2.69. The van der Waals surface area contributed by atoms with Crippen molar-refractivity contribution < 1.29 is 9.90 Å². The molecule has 3 rings (SSSR count). The number of hydrogen-bond donors (Lipinski definition) is 3. The number of aromatic nitrogens is 1. The number of nitrogens with one attached hydrogen (secondary N) is 2. The van der Waals surface area contributed by atoms with Crippen molar-refractivity contribution in [3.05, 3.63) is 35.5 Å². The normalized spacial score (nSPS) is 21.9. The molecule has 22 heavy (non-hydrogen) atoms. The van der Waals surface area contributed by atoms with Crippen LogP contribution < -0.4 is 5.32 Å². The molecule has 0 spiro atoms. The SMILES string of the molecule is Cc1ccc2c(CC(=O)NC3CCCCC3CO)c[nH]c2c1. The fraction of sp³-hybridized carbons (Fsp3) is 0.500. The van der Waals surface area contributed by atoms with Crippen molar-refractivity contribution >= 4 is 16.8 Å². The molecule has 1 saturated carbocycles. The van der Waals surface area contributed by atoms with Crippen LogP contribution in [0.5, 0.6) is 0 Å². The standard InChI is InChI=1S/C18H24N2O2/c1-12-6-7-15-14(10-19-17(15)8-12)9-18(22)20-16-5-3-2-4-13(16)11-21/h6-8,10,13,16,19,21H,2-5,9,11H2,1H3,(H,20,22). The van der Waals surface area contributed by atoms with Gasteiger partial charge in [-0.25, -0.2) is 0 Å². The van der Waals surface area contributed by atoms with Gasteiger partial charge < -0.3 is 15.4 Å². The van der Waals surface area contributed by atoms with E-state index >= 15 is 0 Å². The molecule has 3 N–H and O–H groups in total. The van der Waals surface area contributed by atoms with Crippen LogP contribution >= 0.6 is 0 Å². The van der Waals surface area contributed by atoms with Gasteiger partial charge in [0.15, 0.2) is 0 Å². The van der Waals surface area contributed by atoms with Crippen LogP contribution in [0.3, 0.4) is 0 Å². The van der Waals surface area contributed by atoms with E-state index in [1.165, 1.54) is 5.56 Å².